The molecule has 0 unspecified atom stereocenters. The summed E-state index contributed by atoms with van der Waals surface area (Å²) in [6, 6.07) is 0. The summed E-state index contributed by atoms with van der Waals surface area (Å²) in [4.78, 5) is 26.5. The lowest BCUT2D eigenvalue weighted by Gasteiger charge is -2.46. The molecule has 1 aliphatic carbocycles. The number of aliphatic hydroxyl groups is 1. The third kappa shape index (κ3) is 1.98. The monoisotopic (exact) mass is 238 g/mol. The molecule has 0 aromatic rings. The smallest absolute Gasteiger partial charge is 0.243 e. The third-order valence-corrected chi connectivity index (χ3v) is 4.07. The highest BCUT2D eigenvalue weighted by Gasteiger charge is 2.52. The molecule has 0 radical (unpaired) electrons. The molecule has 2 heterocycles. The second kappa shape index (κ2) is 3.78. The molecule has 2 aliphatic heterocycles. The molecule has 2 saturated heterocycles. The average Bonchev–Trinajstić information content (AvgIpc) is 2.99. The predicted molar refractivity (Wildman–Crippen MR) is 60.1 cm³/mol. The Morgan fingerprint density at radius 3 is 2.65 bits per heavy atom. The van der Waals surface area contributed by atoms with Crippen molar-refractivity contribution in [3.05, 3.63) is 0 Å². The van der Waals surface area contributed by atoms with Gasteiger partial charge in [0.1, 0.15) is 0 Å². The molecule has 1 N–H and O–H groups in total. The first-order valence-electron chi connectivity index (χ1n) is 6.36. The summed E-state index contributed by atoms with van der Waals surface area (Å²) in [6.07, 6.45) is 3.51. The van der Waals surface area contributed by atoms with E-state index in [0.29, 0.717) is 32.0 Å². The van der Waals surface area contributed by atoms with Crippen LogP contribution in [0.3, 0.4) is 0 Å². The van der Waals surface area contributed by atoms with E-state index in [1.807, 2.05) is 4.90 Å². The van der Waals surface area contributed by atoms with Crippen LogP contribution >= 0.6 is 0 Å². The van der Waals surface area contributed by atoms with E-state index in [1.165, 1.54) is 4.90 Å². The van der Waals surface area contributed by atoms with Gasteiger partial charge in [0.05, 0.1) is 12.1 Å². The van der Waals surface area contributed by atoms with Gasteiger partial charge >= 0.3 is 0 Å². The number of carbonyl (C=O) groups excluding carboxylic acids is 2. The Morgan fingerprint density at radius 1 is 1.41 bits per heavy atom. The van der Waals surface area contributed by atoms with Crippen LogP contribution in [0.1, 0.15) is 25.7 Å². The first-order chi connectivity index (χ1) is 8.08. The molecule has 94 valence electrons. The lowest BCUT2D eigenvalue weighted by atomic mass is 9.89. The maximum atomic E-state index is 11.8. The largest absolute Gasteiger partial charge is 0.387 e. The molecule has 0 spiro atoms. The van der Waals surface area contributed by atoms with Gasteiger partial charge in [-0.05, 0) is 25.2 Å². The number of rotatable bonds is 3. The van der Waals surface area contributed by atoms with Gasteiger partial charge in [0.25, 0.3) is 0 Å². The van der Waals surface area contributed by atoms with E-state index >= 15 is 0 Å². The SMILES string of the molecule is O=C1CCCN1C(=O)CN1CC(O)(C2CC2)C1. The highest BCUT2D eigenvalue weighted by molar-refractivity contribution is 5.97. The van der Waals surface area contributed by atoms with E-state index in [0.717, 1.165) is 19.3 Å². The van der Waals surface area contributed by atoms with Crippen molar-refractivity contribution in [2.45, 2.75) is 31.3 Å². The molecule has 0 aromatic heterocycles. The Hall–Kier alpha value is -0.940. The number of hydrogen-bond acceptors (Lipinski definition) is 4. The van der Waals surface area contributed by atoms with Crippen LogP contribution < -0.4 is 0 Å². The van der Waals surface area contributed by atoms with Crippen LogP contribution in [-0.2, 0) is 9.59 Å². The van der Waals surface area contributed by atoms with Crippen LogP contribution in [0.5, 0.6) is 0 Å². The summed E-state index contributed by atoms with van der Waals surface area (Å²) in [7, 11) is 0. The lowest BCUT2D eigenvalue weighted by Crippen LogP contribution is -2.64. The van der Waals surface area contributed by atoms with E-state index in [9.17, 15) is 14.7 Å². The molecule has 5 heteroatoms. The molecule has 0 atom stereocenters. The zero-order chi connectivity index (χ0) is 12.0. The topological polar surface area (TPSA) is 60.9 Å². The minimum Gasteiger partial charge on any atom is -0.387 e. The summed E-state index contributed by atoms with van der Waals surface area (Å²) in [6.45, 7) is 2.02. The van der Waals surface area contributed by atoms with Gasteiger partial charge in [-0.2, -0.15) is 0 Å². The molecule has 17 heavy (non-hydrogen) atoms. The molecule has 0 aromatic carbocycles. The van der Waals surface area contributed by atoms with Gasteiger partial charge in [0.15, 0.2) is 0 Å². The first kappa shape index (κ1) is 11.2. The highest BCUT2D eigenvalue weighted by Crippen LogP contribution is 2.44. The fraction of sp³-hybridized carbons (Fsp3) is 0.833. The zero-order valence-corrected chi connectivity index (χ0v) is 9.89. The summed E-state index contributed by atoms with van der Waals surface area (Å²) >= 11 is 0. The predicted octanol–water partition coefficient (Wildman–Crippen LogP) is -0.408. The van der Waals surface area contributed by atoms with E-state index in [-0.39, 0.29) is 18.4 Å². The Bertz CT molecular complexity index is 359. The van der Waals surface area contributed by atoms with E-state index < -0.39 is 5.60 Å². The summed E-state index contributed by atoms with van der Waals surface area (Å²) in [5, 5.41) is 10.1. The maximum Gasteiger partial charge on any atom is 0.243 e. The first-order valence-corrected chi connectivity index (χ1v) is 6.36. The molecular weight excluding hydrogens is 220 g/mol. The van der Waals surface area contributed by atoms with Crippen molar-refractivity contribution in [2.24, 2.45) is 5.92 Å². The number of imide groups is 1. The van der Waals surface area contributed by atoms with Gasteiger partial charge < -0.3 is 5.11 Å². The van der Waals surface area contributed by atoms with Crippen molar-refractivity contribution in [2.75, 3.05) is 26.2 Å². The number of β-amino-alcohol motifs (C(OH)–C–C–N with tert-alkyl or cyclic N) is 1. The molecule has 5 nitrogen and oxygen atoms in total. The van der Waals surface area contributed by atoms with E-state index in [4.69, 9.17) is 0 Å². The van der Waals surface area contributed by atoms with E-state index in [2.05, 4.69) is 0 Å². The maximum absolute atomic E-state index is 11.8. The van der Waals surface area contributed by atoms with Gasteiger partial charge in [0, 0.05) is 26.1 Å². The van der Waals surface area contributed by atoms with Gasteiger partial charge in [-0.25, -0.2) is 0 Å². The highest BCUT2D eigenvalue weighted by atomic mass is 16.3. The van der Waals surface area contributed by atoms with Crippen LogP contribution in [0.4, 0.5) is 0 Å². The minimum absolute atomic E-state index is 0.0482. The molecule has 0 bridgehead atoms. The Balaban J connectivity index is 1.49. The Morgan fingerprint density at radius 2 is 2.12 bits per heavy atom. The Labute approximate surface area is 100 Å². The second-order valence-electron chi connectivity index (χ2n) is 5.57. The quantitative estimate of drug-likeness (QED) is 0.726. The summed E-state index contributed by atoms with van der Waals surface area (Å²) < 4.78 is 0. The van der Waals surface area contributed by atoms with E-state index in [1.54, 1.807) is 0 Å². The minimum atomic E-state index is -0.546. The summed E-state index contributed by atoms with van der Waals surface area (Å²) in [5.74, 6) is 0.292. The van der Waals surface area contributed by atoms with Crippen molar-refractivity contribution in [3.63, 3.8) is 0 Å². The molecular formula is C12H18N2O3. The van der Waals surface area contributed by atoms with Gasteiger partial charge in [-0.15, -0.1) is 0 Å². The van der Waals surface area contributed by atoms with Gasteiger partial charge in [-0.1, -0.05) is 0 Å². The number of amides is 2. The Kier molecular flexibility index (Phi) is 2.48. The fourth-order valence-electron chi connectivity index (χ4n) is 2.91. The van der Waals surface area contributed by atoms with Crippen molar-refractivity contribution in [1.29, 1.82) is 0 Å². The van der Waals surface area contributed by atoms with Gasteiger partial charge in [-0.3, -0.25) is 19.4 Å². The second-order valence-corrected chi connectivity index (χ2v) is 5.57. The van der Waals surface area contributed by atoms with Crippen LogP contribution in [0.15, 0.2) is 0 Å². The van der Waals surface area contributed by atoms with Crippen molar-refractivity contribution < 1.29 is 14.7 Å². The standard InChI is InChI=1S/C12H18N2O3/c15-10-2-1-5-14(10)11(16)6-13-7-12(17,8-13)9-3-4-9/h9,17H,1-8H2. The lowest BCUT2D eigenvalue weighted by molar-refractivity contribution is -0.149. The average molecular weight is 238 g/mol. The van der Waals surface area contributed by atoms with Crippen molar-refractivity contribution in [3.8, 4) is 0 Å². The molecule has 3 rings (SSSR count). The third-order valence-electron chi connectivity index (χ3n) is 4.07. The molecule has 1 saturated carbocycles. The van der Waals surface area contributed by atoms with Crippen LogP contribution in [0.2, 0.25) is 0 Å². The molecule has 2 amide bonds. The number of hydrogen-bond donors (Lipinski definition) is 1. The van der Waals surface area contributed by atoms with Gasteiger partial charge in [0.2, 0.25) is 11.8 Å². The number of nitrogens with zero attached hydrogens (tertiary/aromatic N) is 2. The zero-order valence-electron chi connectivity index (χ0n) is 9.89. The molecule has 3 fully saturated rings. The van der Waals surface area contributed by atoms with Crippen LogP contribution in [-0.4, -0.2) is 58.5 Å². The normalized spacial score (nSPS) is 28.3. The summed E-state index contributed by atoms with van der Waals surface area (Å²) in [5.41, 5.74) is -0.546. The number of likely N-dealkylation sites (tertiary alicyclic amines) is 2. The van der Waals surface area contributed by atoms with Crippen molar-refractivity contribution in [1.82, 2.24) is 9.80 Å². The fourth-order valence-corrected chi connectivity index (χ4v) is 2.91. The molecule has 3 aliphatic rings. The van der Waals surface area contributed by atoms with Crippen LogP contribution in [0, 0.1) is 5.92 Å². The van der Waals surface area contributed by atoms with Crippen molar-refractivity contribution >= 4 is 11.8 Å². The number of carbonyl (C=O) groups is 2. The van der Waals surface area contributed by atoms with Crippen LogP contribution in [0.25, 0.3) is 0 Å².